The Balaban J connectivity index is 2.17. The summed E-state index contributed by atoms with van der Waals surface area (Å²) in [5, 5.41) is 0.698. The number of benzene rings is 2. The van der Waals surface area contributed by atoms with E-state index < -0.39 is 0 Å². The van der Waals surface area contributed by atoms with Crippen molar-refractivity contribution in [2.24, 2.45) is 5.73 Å². The van der Waals surface area contributed by atoms with Crippen LogP contribution in [-0.2, 0) is 6.42 Å². The molecule has 0 aliphatic heterocycles. The molecule has 0 saturated heterocycles. The average molecular weight is 290 g/mol. The standard InChI is InChI=1S/C17H20ClNO/c1-11-4-6-15(8-12(11)2)20-16-7-5-14(9-13(3)19)17(18)10-16/h4-8,10,13H,9,19H2,1-3H3. The lowest BCUT2D eigenvalue weighted by atomic mass is 10.1. The zero-order valence-electron chi connectivity index (χ0n) is 12.1. The van der Waals surface area contributed by atoms with Crippen molar-refractivity contribution in [1.29, 1.82) is 0 Å². The van der Waals surface area contributed by atoms with E-state index in [-0.39, 0.29) is 6.04 Å². The molecule has 2 N–H and O–H groups in total. The van der Waals surface area contributed by atoms with Crippen LogP contribution in [0.5, 0.6) is 11.5 Å². The monoisotopic (exact) mass is 289 g/mol. The molecule has 2 aromatic rings. The number of hydrogen-bond donors (Lipinski definition) is 1. The number of nitrogens with two attached hydrogens (primary N) is 1. The van der Waals surface area contributed by atoms with Crippen molar-refractivity contribution in [3.63, 3.8) is 0 Å². The van der Waals surface area contributed by atoms with Crippen LogP contribution in [0.15, 0.2) is 36.4 Å². The number of ether oxygens (including phenoxy) is 1. The summed E-state index contributed by atoms with van der Waals surface area (Å²) in [4.78, 5) is 0. The fourth-order valence-corrected chi connectivity index (χ4v) is 2.27. The molecule has 0 amide bonds. The fourth-order valence-electron chi connectivity index (χ4n) is 2.02. The Labute approximate surface area is 125 Å². The van der Waals surface area contributed by atoms with Crippen LogP contribution in [-0.4, -0.2) is 6.04 Å². The van der Waals surface area contributed by atoms with Gasteiger partial charge >= 0.3 is 0 Å². The summed E-state index contributed by atoms with van der Waals surface area (Å²) < 4.78 is 5.84. The molecule has 0 spiro atoms. The zero-order chi connectivity index (χ0) is 14.7. The highest BCUT2D eigenvalue weighted by Crippen LogP contribution is 2.28. The number of hydrogen-bond acceptors (Lipinski definition) is 2. The van der Waals surface area contributed by atoms with Gasteiger partial charge in [0.15, 0.2) is 0 Å². The quantitative estimate of drug-likeness (QED) is 0.890. The highest BCUT2D eigenvalue weighted by molar-refractivity contribution is 6.31. The van der Waals surface area contributed by atoms with Crippen molar-refractivity contribution in [2.75, 3.05) is 0 Å². The molecule has 2 nitrogen and oxygen atoms in total. The minimum absolute atomic E-state index is 0.0963. The van der Waals surface area contributed by atoms with Crippen LogP contribution in [0.4, 0.5) is 0 Å². The smallest absolute Gasteiger partial charge is 0.128 e. The van der Waals surface area contributed by atoms with Crippen LogP contribution >= 0.6 is 11.6 Å². The van der Waals surface area contributed by atoms with E-state index >= 15 is 0 Å². The summed E-state index contributed by atoms with van der Waals surface area (Å²) in [6.07, 6.45) is 0.767. The van der Waals surface area contributed by atoms with Gasteiger partial charge in [0.1, 0.15) is 11.5 Å². The van der Waals surface area contributed by atoms with E-state index in [1.807, 2.05) is 37.3 Å². The Morgan fingerprint density at radius 2 is 1.70 bits per heavy atom. The van der Waals surface area contributed by atoms with E-state index in [1.165, 1.54) is 11.1 Å². The van der Waals surface area contributed by atoms with E-state index in [2.05, 4.69) is 19.9 Å². The van der Waals surface area contributed by atoms with E-state index in [4.69, 9.17) is 22.1 Å². The molecular formula is C17H20ClNO. The molecule has 0 radical (unpaired) electrons. The van der Waals surface area contributed by atoms with E-state index in [0.29, 0.717) is 5.02 Å². The Morgan fingerprint density at radius 1 is 1.05 bits per heavy atom. The highest BCUT2D eigenvalue weighted by atomic mass is 35.5. The number of aryl methyl sites for hydroxylation is 2. The average Bonchev–Trinajstić information content (AvgIpc) is 2.37. The lowest BCUT2D eigenvalue weighted by molar-refractivity contribution is 0.482. The molecule has 20 heavy (non-hydrogen) atoms. The van der Waals surface area contributed by atoms with Crippen molar-refractivity contribution in [3.8, 4) is 11.5 Å². The molecule has 0 fully saturated rings. The molecule has 0 aliphatic carbocycles. The van der Waals surface area contributed by atoms with Crippen LogP contribution in [0.2, 0.25) is 5.02 Å². The Hall–Kier alpha value is -1.51. The largest absolute Gasteiger partial charge is 0.457 e. The Morgan fingerprint density at radius 3 is 2.30 bits per heavy atom. The Kier molecular flexibility index (Phi) is 4.69. The van der Waals surface area contributed by atoms with Crippen LogP contribution in [0.3, 0.4) is 0 Å². The SMILES string of the molecule is Cc1ccc(Oc2ccc(CC(C)N)c(Cl)c2)cc1C. The van der Waals surface area contributed by atoms with Gasteiger partial charge in [-0.15, -0.1) is 0 Å². The van der Waals surface area contributed by atoms with Crippen LogP contribution in [0.25, 0.3) is 0 Å². The van der Waals surface area contributed by atoms with Gasteiger partial charge in [-0.25, -0.2) is 0 Å². The van der Waals surface area contributed by atoms with Gasteiger partial charge in [0.05, 0.1) is 0 Å². The third-order valence-corrected chi connectivity index (χ3v) is 3.63. The molecule has 0 aliphatic rings. The third kappa shape index (κ3) is 3.75. The summed E-state index contributed by atoms with van der Waals surface area (Å²) >= 11 is 6.26. The van der Waals surface area contributed by atoms with Gasteiger partial charge in [-0.2, -0.15) is 0 Å². The molecular weight excluding hydrogens is 270 g/mol. The Bertz CT molecular complexity index is 608. The van der Waals surface area contributed by atoms with Crippen molar-refractivity contribution in [3.05, 3.63) is 58.1 Å². The first-order valence-electron chi connectivity index (χ1n) is 6.75. The summed E-state index contributed by atoms with van der Waals surface area (Å²) in [6.45, 7) is 6.12. The third-order valence-electron chi connectivity index (χ3n) is 3.28. The van der Waals surface area contributed by atoms with Gasteiger partial charge in [0.25, 0.3) is 0 Å². The molecule has 2 rings (SSSR count). The van der Waals surface area contributed by atoms with Crippen molar-refractivity contribution in [2.45, 2.75) is 33.2 Å². The maximum Gasteiger partial charge on any atom is 0.128 e. The second-order valence-corrected chi connectivity index (χ2v) is 5.69. The first kappa shape index (κ1) is 14.9. The molecule has 0 saturated carbocycles. The van der Waals surface area contributed by atoms with Crippen LogP contribution in [0, 0.1) is 13.8 Å². The lowest BCUT2D eigenvalue weighted by Gasteiger charge is -2.11. The van der Waals surface area contributed by atoms with Gasteiger partial charge in [-0.05, 0) is 68.1 Å². The first-order valence-corrected chi connectivity index (χ1v) is 7.12. The normalized spacial score (nSPS) is 12.2. The summed E-state index contributed by atoms with van der Waals surface area (Å²) in [5.74, 6) is 1.57. The van der Waals surface area contributed by atoms with Gasteiger partial charge in [-0.1, -0.05) is 23.7 Å². The van der Waals surface area contributed by atoms with E-state index in [1.54, 1.807) is 0 Å². The minimum Gasteiger partial charge on any atom is -0.457 e. The van der Waals surface area contributed by atoms with E-state index in [0.717, 1.165) is 23.5 Å². The van der Waals surface area contributed by atoms with Gasteiger partial charge in [0.2, 0.25) is 0 Å². The second kappa shape index (κ2) is 6.29. The maximum atomic E-state index is 6.26. The topological polar surface area (TPSA) is 35.2 Å². The molecule has 1 unspecified atom stereocenters. The molecule has 3 heteroatoms. The molecule has 2 aromatic carbocycles. The summed E-state index contributed by atoms with van der Waals surface area (Å²) in [6, 6.07) is 11.9. The van der Waals surface area contributed by atoms with Crippen LogP contribution < -0.4 is 10.5 Å². The van der Waals surface area contributed by atoms with Gasteiger partial charge in [0, 0.05) is 11.1 Å². The summed E-state index contributed by atoms with van der Waals surface area (Å²) in [5.41, 5.74) is 9.31. The van der Waals surface area contributed by atoms with Crippen molar-refractivity contribution >= 4 is 11.6 Å². The first-order chi connectivity index (χ1) is 9.45. The minimum atomic E-state index is 0.0963. The summed E-state index contributed by atoms with van der Waals surface area (Å²) in [7, 11) is 0. The molecule has 1 atom stereocenters. The fraction of sp³-hybridized carbons (Fsp3) is 0.294. The number of halogens is 1. The van der Waals surface area contributed by atoms with E-state index in [9.17, 15) is 0 Å². The maximum absolute atomic E-state index is 6.26. The second-order valence-electron chi connectivity index (χ2n) is 5.28. The van der Waals surface area contributed by atoms with Crippen molar-refractivity contribution in [1.82, 2.24) is 0 Å². The molecule has 106 valence electrons. The van der Waals surface area contributed by atoms with Gasteiger partial charge < -0.3 is 10.5 Å². The molecule has 0 bridgehead atoms. The van der Waals surface area contributed by atoms with Crippen molar-refractivity contribution < 1.29 is 4.74 Å². The number of rotatable bonds is 4. The molecule has 0 aromatic heterocycles. The van der Waals surface area contributed by atoms with Gasteiger partial charge in [-0.3, -0.25) is 0 Å². The zero-order valence-corrected chi connectivity index (χ0v) is 12.9. The van der Waals surface area contributed by atoms with Crippen LogP contribution in [0.1, 0.15) is 23.6 Å². The lowest BCUT2D eigenvalue weighted by Crippen LogP contribution is -2.17. The predicted molar refractivity (Wildman–Crippen MR) is 84.8 cm³/mol. The highest BCUT2D eigenvalue weighted by Gasteiger charge is 2.06. The molecule has 0 heterocycles. The predicted octanol–water partition coefficient (Wildman–Crippen LogP) is 4.64.